The van der Waals surface area contributed by atoms with Gasteiger partial charge in [0, 0.05) is 18.9 Å². The molecule has 1 aromatic carbocycles. The minimum atomic E-state index is -0.373. The van der Waals surface area contributed by atoms with Crippen molar-refractivity contribution in [3.8, 4) is 5.75 Å². The summed E-state index contributed by atoms with van der Waals surface area (Å²) in [6.07, 6.45) is 3.53. The van der Waals surface area contributed by atoms with Gasteiger partial charge in [0.25, 0.3) is 0 Å². The third-order valence-electron chi connectivity index (χ3n) is 5.34. The van der Waals surface area contributed by atoms with E-state index in [9.17, 15) is 4.79 Å². The summed E-state index contributed by atoms with van der Waals surface area (Å²) >= 11 is 0. The van der Waals surface area contributed by atoms with Crippen molar-refractivity contribution >= 4 is 11.6 Å². The largest absolute Gasteiger partial charge is 0.490 e. The third-order valence-corrected chi connectivity index (χ3v) is 5.34. The molecule has 6 nitrogen and oxygen atoms in total. The molecule has 25 heavy (non-hydrogen) atoms. The summed E-state index contributed by atoms with van der Waals surface area (Å²) in [6, 6.07) is 6.34. The minimum absolute atomic E-state index is 0.0719. The molecular formula is C19H26N2O4. The summed E-state index contributed by atoms with van der Waals surface area (Å²) < 4.78 is 17.2. The first-order valence-corrected chi connectivity index (χ1v) is 9.19. The first-order chi connectivity index (χ1) is 12.1. The van der Waals surface area contributed by atoms with Crippen molar-refractivity contribution in [2.24, 2.45) is 0 Å². The lowest BCUT2D eigenvalue weighted by Gasteiger charge is -2.36. The van der Waals surface area contributed by atoms with Gasteiger partial charge >= 0.3 is 0 Å². The van der Waals surface area contributed by atoms with Crippen LogP contribution in [-0.4, -0.2) is 50.6 Å². The Labute approximate surface area is 148 Å². The van der Waals surface area contributed by atoms with Gasteiger partial charge in [-0.2, -0.15) is 0 Å². The van der Waals surface area contributed by atoms with Crippen LogP contribution in [0, 0.1) is 6.92 Å². The highest BCUT2D eigenvalue weighted by Gasteiger charge is 2.40. The van der Waals surface area contributed by atoms with Crippen molar-refractivity contribution in [2.45, 2.75) is 44.4 Å². The van der Waals surface area contributed by atoms with Crippen LogP contribution >= 0.6 is 0 Å². The van der Waals surface area contributed by atoms with Gasteiger partial charge in [-0.25, -0.2) is 0 Å². The molecule has 1 aliphatic carbocycles. The van der Waals surface area contributed by atoms with Crippen LogP contribution in [-0.2, 0) is 14.3 Å². The van der Waals surface area contributed by atoms with E-state index >= 15 is 0 Å². The molecule has 1 spiro atoms. The fourth-order valence-electron chi connectivity index (χ4n) is 3.98. The van der Waals surface area contributed by atoms with Gasteiger partial charge in [-0.05, 0) is 37.5 Å². The van der Waals surface area contributed by atoms with Gasteiger partial charge in [-0.1, -0.05) is 6.07 Å². The Morgan fingerprint density at radius 3 is 2.76 bits per heavy atom. The topological polar surface area (TPSA) is 60.0 Å². The summed E-state index contributed by atoms with van der Waals surface area (Å²) in [6.45, 7) is 5.14. The minimum Gasteiger partial charge on any atom is -0.490 e. The molecule has 1 saturated carbocycles. The van der Waals surface area contributed by atoms with E-state index in [1.54, 1.807) is 0 Å². The third kappa shape index (κ3) is 3.60. The molecule has 0 radical (unpaired) electrons. The molecule has 6 heteroatoms. The van der Waals surface area contributed by atoms with Gasteiger partial charge in [0.1, 0.15) is 12.4 Å². The Morgan fingerprint density at radius 1 is 1.24 bits per heavy atom. The molecule has 2 heterocycles. The molecule has 1 saturated heterocycles. The standard InChI is InChI=1S/C19H26N2O4/c1-14-2-3-16-17(12-14)23-9-8-21(16)13-18(22)20-15-4-6-19(7-5-15)24-10-11-25-19/h2-3,12,15H,4-11,13H2,1H3,(H,20,22). The average molecular weight is 346 g/mol. The molecule has 2 fully saturated rings. The monoisotopic (exact) mass is 346 g/mol. The predicted molar refractivity (Wildman–Crippen MR) is 93.9 cm³/mol. The van der Waals surface area contributed by atoms with E-state index in [4.69, 9.17) is 14.2 Å². The molecule has 1 amide bonds. The quantitative estimate of drug-likeness (QED) is 0.907. The normalized spacial score (nSPS) is 22.5. The number of nitrogens with zero attached hydrogens (tertiary/aromatic N) is 1. The van der Waals surface area contributed by atoms with Crippen LogP contribution < -0.4 is 15.0 Å². The van der Waals surface area contributed by atoms with Gasteiger partial charge in [-0.3, -0.25) is 4.79 Å². The Bertz CT molecular complexity index is 632. The fraction of sp³-hybridized carbons (Fsp3) is 0.632. The predicted octanol–water partition coefficient (Wildman–Crippen LogP) is 2.00. The number of carbonyl (C=O) groups is 1. The zero-order valence-electron chi connectivity index (χ0n) is 14.8. The summed E-state index contributed by atoms with van der Waals surface area (Å²) in [5.74, 6) is 0.569. The van der Waals surface area contributed by atoms with Crippen molar-refractivity contribution < 1.29 is 19.0 Å². The van der Waals surface area contributed by atoms with Crippen LogP contribution in [0.1, 0.15) is 31.2 Å². The van der Waals surface area contributed by atoms with Gasteiger partial charge in [-0.15, -0.1) is 0 Å². The molecule has 0 bridgehead atoms. The Balaban J connectivity index is 1.31. The van der Waals surface area contributed by atoms with Crippen LogP contribution in [0.15, 0.2) is 18.2 Å². The first kappa shape index (κ1) is 16.7. The van der Waals surface area contributed by atoms with Crippen LogP contribution in [0.5, 0.6) is 5.75 Å². The zero-order valence-corrected chi connectivity index (χ0v) is 14.8. The number of nitrogens with one attached hydrogen (secondary N) is 1. The molecule has 1 aromatic rings. The van der Waals surface area contributed by atoms with Crippen molar-refractivity contribution in [1.82, 2.24) is 5.32 Å². The first-order valence-electron chi connectivity index (χ1n) is 9.19. The smallest absolute Gasteiger partial charge is 0.239 e. The van der Waals surface area contributed by atoms with Crippen molar-refractivity contribution in [2.75, 3.05) is 37.8 Å². The number of hydrogen-bond donors (Lipinski definition) is 1. The van der Waals surface area contributed by atoms with Gasteiger partial charge in [0.15, 0.2) is 5.79 Å². The van der Waals surface area contributed by atoms with Crippen LogP contribution in [0.25, 0.3) is 0 Å². The summed E-state index contributed by atoms with van der Waals surface area (Å²) in [7, 11) is 0. The lowest BCUT2D eigenvalue weighted by Crippen LogP contribution is -2.47. The van der Waals surface area contributed by atoms with Crippen LogP contribution in [0.4, 0.5) is 5.69 Å². The molecular weight excluding hydrogens is 320 g/mol. The number of fused-ring (bicyclic) bond motifs is 1. The molecule has 0 unspecified atom stereocenters. The highest BCUT2D eigenvalue weighted by Crippen LogP contribution is 2.36. The van der Waals surface area contributed by atoms with E-state index in [-0.39, 0.29) is 17.7 Å². The SMILES string of the molecule is Cc1ccc2c(c1)OCCN2CC(=O)NC1CCC2(CC1)OCCO2. The molecule has 136 valence electrons. The lowest BCUT2D eigenvalue weighted by atomic mass is 9.90. The lowest BCUT2D eigenvalue weighted by molar-refractivity contribution is -0.180. The van der Waals surface area contributed by atoms with E-state index < -0.39 is 0 Å². The molecule has 1 N–H and O–H groups in total. The maximum absolute atomic E-state index is 12.5. The Morgan fingerprint density at radius 2 is 2.00 bits per heavy atom. The van der Waals surface area contributed by atoms with Crippen molar-refractivity contribution in [3.05, 3.63) is 23.8 Å². The molecule has 4 rings (SSSR count). The second kappa shape index (κ2) is 6.84. The number of benzene rings is 1. The van der Waals surface area contributed by atoms with E-state index in [2.05, 4.69) is 16.3 Å². The van der Waals surface area contributed by atoms with E-state index in [0.29, 0.717) is 26.4 Å². The number of hydrogen-bond acceptors (Lipinski definition) is 5. The molecule has 0 atom stereocenters. The number of rotatable bonds is 3. The highest BCUT2D eigenvalue weighted by atomic mass is 16.7. The maximum atomic E-state index is 12.5. The van der Waals surface area contributed by atoms with Crippen molar-refractivity contribution in [3.63, 3.8) is 0 Å². The summed E-state index contributed by atoms with van der Waals surface area (Å²) in [5, 5.41) is 3.18. The Kier molecular flexibility index (Phi) is 4.56. The highest BCUT2D eigenvalue weighted by molar-refractivity contribution is 5.82. The van der Waals surface area contributed by atoms with Gasteiger partial charge in [0.05, 0.1) is 32.0 Å². The van der Waals surface area contributed by atoms with Gasteiger partial charge in [0.2, 0.25) is 5.91 Å². The summed E-state index contributed by atoms with van der Waals surface area (Å²) in [5.41, 5.74) is 2.17. The number of ether oxygens (including phenoxy) is 3. The fourth-order valence-corrected chi connectivity index (χ4v) is 3.98. The average Bonchev–Trinajstić information content (AvgIpc) is 3.05. The molecule has 0 aromatic heterocycles. The van der Waals surface area contributed by atoms with Crippen LogP contribution in [0.3, 0.4) is 0 Å². The summed E-state index contributed by atoms with van der Waals surface area (Å²) in [4.78, 5) is 14.6. The second-order valence-electron chi connectivity index (χ2n) is 7.19. The number of carbonyl (C=O) groups excluding carboxylic acids is 1. The number of amides is 1. The zero-order chi connectivity index (χ0) is 17.3. The van der Waals surface area contributed by atoms with E-state index in [0.717, 1.165) is 49.2 Å². The van der Waals surface area contributed by atoms with E-state index in [1.165, 1.54) is 0 Å². The molecule has 2 aliphatic heterocycles. The molecule has 3 aliphatic rings. The second-order valence-corrected chi connectivity index (χ2v) is 7.19. The Hall–Kier alpha value is -1.79. The maximum Gasteiger partial charge on any atom is 0.239 e. The number of aryl methyl sites for hydroxylation is 1. The number of anilines is 1. The van der Waals surface area contributed by atoms with Gasteiger partial charge < -0.3 is 24.4 Å². The van der Waals surface area contributed by atoms with Crippen LogP contribution in [0.2, 0.25) is 0 Å². The van der Waals surface area contributed by atoms with E-state index in [1.807, 2.05) is 19.1 Å². The van der Waals surface area contributed by atoms with Crippen molar-refractivity contribution in [1.29, 1.82) is 0 Å².